The molecule has 2 amide bonds. The number of amides is 2. The summed E-state index contributed by atoms with van der Waals surface area (Å²) in [6, 6.07) is 16.4. The summed E-state index contributed by atoms with van der Waals surface area (Å²) in [7, 11) is 1.61. The molecule has 0 aromatic heterocycles. The molecule has 2 N–H and O–H groups in total. The summed E-state index contributed by atoms with van der Waals surface area (Å²) in [6.07, 6.45) is 0.454. The van der Waals surface area contributed by atoms with Crippen molar-refractivity contribution in [3.8, 4) is 11.1 Å². The minimum atomic E-state index is -0.921. The van der Waals surface area contributed by atoms with Crippen molar-refractivity contribution in [2.24, 2.45) is 11.8 Å². The summed E-state index contributed by atoms with van der Waals surface area (Å²) in [6.45, 7) is 4.36. The molecular weight excluding hydrogens is 420 g/mol. The number of carboxylic acids is 1. The van der Waals surface area contributed by atoms with Crippen LogP contribution in [0.5, 0.6) is 0 Å². The van der Waals surface area contributed by atoms with Gasteiger partial charge in [-0.25, -0.2) is 4.79 Å². The number of rotatable bonds is 10. The number of carboxylic acid groups (broad SMARTS) is 1. The molecule has 0 radical (unpaired) electrons. The lowest BCUT2D eigenvalue weighted by Gasteiger charge is -2.21. The fourth-order valence-corrected chi connectivity index (χ4v) is 4.22. The van der Waals surface area contributed by atoms with Crippen LogP contribution in [0.2, 0.25) is 0 Å². The van der Waals surface area contributed by atoms with Crippen LogP contribution >= 0.6 is 0 Å². The maximum Gasteiger partial charge on any atom is 0.407 e. The van der Waals surface area contributed by atoms with Gasteiger partial charge in [0.2, 0.25) is 5.91 Å². The van der Waals surface area contributed by atoms with Gasteiger partial charge in [0.05, 0.1) is 5.92 Å². The Morgan fingerprint density at radius 3 is 2.18 bits per heavy atom. The number of hydrogen-bond donors (Lipinski definition) is 2. The first kappa shape index (κ1) is 24.3. The van der Waals surface area contributed by atoms with Crippen molar-refractivity contribution in [1.29, 1.82) is 0 Å². The standard InChI is InChI=1S/C26H32N2O5/c1-17(14-24(29)28(3)15-18(2)25(30)31)12-13-27-26(32)33-16-23-21-10-6-4-8-19(21)20-9-5-7-11-22(20)23/h4-11,17-18,23H,12-16H2,1-3H3,(H,27,32)(H,30,31). The lowest BCUT2D eigenvalue weighted by atomic mass is 9.98. The van der Waals surface area contributed by atoms with Crippen LogP contribution < -0.4 is 5.32 Å². The number of nitrogens with one attached hydrogen (secondary N) is 1. The van der Waals surface area contributed by atoms with Crippen LogP contribution in [0.4, 0.5) is 4.79 Å². The molecule has 0 bridgehead atoms. The van der Waals surface area contributed by atoms with Crippen LogP contribution in [-0.2, 0) is 14.3 Å². The molecule has 2 aromatic rings. The normalized spacial score (nSPS) is 14.0. The molecular formula is C26H32N2O5. The summed E-state index contributed by atoms with van der Waals surface area (Å²) in [5.74, 6) is -1.56. The first-order chi connectivity index (χ1) is 15.8. The molecule has 176 valence electrons. The summed E-state index contributed by atoms with van der Waals surface area (Å²) >= 11 is 0. The quantitative estimate of drug-likeness (QED) is 0.565. The molecule has 0 aliphatic heterocycles. The van der Waals surface area contributed by atoms with Crippen LogP contribution in [-0.4, -0.2) is 54.7 Å². The third-order valence-electron chi connectivity index (χ3n) is 6.17. The molecule has 2 atom stereocenters. The largest absolute Gasteiger partial charge is 0.481 e. The molecule has 7 nitrogen and oxygen atoms in total. The third-order valence-corrected chi connectivity index (χ3v) is 6.17. The fourth-order valence-electron chi connectivity index (χ4n) is 4.22. The highest BCUT2D eigenvalue weighted by atomic mass is 16.5. The third kappa shape index (κ3) is 6.12. The second-order valence-electron chi connectivity index (χ2n) is 8.86. The molecule has 7 heteroatoms. The molecule has 3 rings (SSSR count). The van der Waals surface area contributed by atoms with Crippen LogP contribution in [0.25, 0.3) is 11.1 Å². The van der Waals surface area contributed by atoms with E-state index in [0.29, 0.717) is 19.4 Å². The molecule has 0 spiro atoms. The molecule has 0 heterocycles. The zero-order valence-corrected chi connectivity index (χ0v) is 19.4. The van der Waals surface area contributed by atoms with Crippen molar-refractivity contribution in [2.45, 2.75) is 32.6 Å². The fraction of sp³-hybridized carbons (Fsp3) is 0.423. The predicted octanol–water partition coefficient (Wildman–Crippen LogP) is 4.12. The van der Waals surface area contributed by atoms with Crippen molar-refractivity contribution >= 4 is 18.0 Å². The average Bonchev–Trinajstić information content (AvgIpc) is 3.11. The van der Waals surface area contributed by atoms with E-state index in [1.165, 1.54) is 27.2 Å². The van der Waals surface area contributed by atoms with Gasteiger partial charge in [0.15, 0.2) is 0 Å². The summed E-state index contributed by atoms with van der Waals surface area (Å²) in [5.41, 5.74) is 4.70. The predicted molar refractivity (Wildman–Crippen MR) is 126 cm³/mol. The molecule has 2 unspecified atom stereocenters. The van der Waals surface area contributed by atoms with E-state index in [-0.39, 0.29) is 30.9 Å². The van der Waals surface area contributed by atoms with Gasteiger partial charge >= 0.3 is 12.1 Å². The topological polar surface area (TPSA) is 95.9 Å². The number of hydrogen-bond acceptors (Lipinski definition) is 4. The van der Waals surface area contributed by atoms with Gasteiger partial charge < -0.3 is 20.1 Å². The van der Waals surface area contributed by atoms with E-state index < -0.39 is 18.0 Å². The van der Waals surface area contributed by atoms with E-state index in [1.807, 2.05) is 31.2 Å². The van der Waals surface area contributed by atoms with E-state index >= 15 is 0 Å². The van der Waals surface area contributed by atoms with Gasteiger partial charge in [0.25, 0.3) is 0 Å². The van der Waals surface area contributed by atoms with Crippen LogP contribution in [0.1, 0.15) is 43.7 Å². The van der Waals surface area contributed by atoms with Crippen molar-refractivity contribution in [2.75, 3.05) is 26.7 Å². The second-order valence-corrected chi connectivity index (χ2v) is 8.86. The Kier molecular flexibility index (Phi) is 8.09. The van der Waals surface area contributed by atoms with Gasteiger partial charge in [0.1, 0.15) is 6.61 Å². The van der Waals surface area contributed by atoms with Gasteiger partial charge in [-0.05, 0) is 34.6 Å². The van der Waals surface area contributed by atoms with Gasteiger partial charge in [-0.1, -0.05) is 62.4 Å². The van der Waals surface area contributed by atoms with Gasteiger partial charge in [-0.3, -0.25) is 9.59 Å². The highest BCUT2D eigenvalue weighted by Gasteiger charge is 2.29. The minimum Gasteiger partial charge on any atom is -0.481 e. The maximum atomic E-state index is 12.3. The van der Waals surface area contributed by atoms with E-state index in [9.17, 15) is 14.4 Å². The Morgan fingerprint density at radius 2 is 1.61 bits per heavy atom. The van der Waals surface area contributed by atoms with Crippen molar-refractivity contribution < 1.29 is 24.2 Å². The number of ether oxygens (including phenoxy) is 1. The second kappa shape index (κ2) is 11.0. The zero-order chi connectivity index (χ0) is 24.0. The molecule has 0 fully saturated rings. The minimum absolute atomic E-state index is 0.0171. The van der Waals surface area contributed by atoms with Crippen molar-refractivity contribution in [3.63, 3.8) is 0 Å². The smallest absolute Gasteiger partial charge is 0.407 e. The van der Waals surface area contributed by atoms with E-state index in [0.717, 1.165) is 0 Å². The Hall–Kier alpha value is -3.35. The number of benzene rings is 2. The summed E-state index contributed by atoms with van der Waals surface area (Å²) in [5, 5.41) is 11.8. The molecule has 0 saturated carbocycles. The van der Waals surface area contributed by atoms with E-state index in [1.54, 1.807) is 14.0 Å². The Morgan fingerprint density at radius 1 is 1.03 bits per heavy atom. The van der Waals surface area contributed by atoms with Gasteiger partial charge in [-0.15, -0.1) is 0 Å². The summed E-state index contributed by atoms with van der Waals surface area (Å²) < 4.78 is 5.53. The molecule has 2 aromatic carbocycles. The number of carbonyl (C=O) groups excluding carboxylic acids is 2. The first-order valence-electron chi connectivity index (χ1n) is 11.3. The highest BCUT2D eigenvalue weighted by molar-refractivity contribution is 5.79. The maximum absolute atomic E-state index is 12.3. The van der Waals surface area contributed by atoms with E-state index in [2.05, 4.69) is 29.6 Å². The lowest BCUT2D eigenvalue weighted by Crippen LogP contribution is -2.35. The average molecular weight is 453 g/mol. The number of nitrogens with zero attached hydrogens (tertiary/aromatic N) is 1. The first-order valence-corrected chi connectivity index (χ1v) is 11.3. The highest BCUT2D eigenvalue weighted by Crippen LogP contribution is 2.44. The number of alkyl carbamates (subject to hydrolysis) is 1. The van der Waals surface area contributed by atoms with Gasteiger partial charge in [-0.2, -0.15) is 0 Å². The lowest BCUT2D eigenvalue weighted by molar-refractivity contribution is -0.142. The number of fused-ring (bicyclic) bond motifs is 3. The Balaban J connectivity index is 1.42. The van der Waals surface area contributed by atoms with E-state index in [4.69, 9.17) is 9.84 Å². The zero-order valence-electron chi connectivity index (χ0n) is 19.4. The molecule has 33 heavy (non-hydrogen) atoms. The van der Waals surface area contributed by atoms with Crippen LogP contribution in [0, 0.1) is 11.8 Å². The van der Waals surface area contributed by atoms with Gasteiger partial charge in [0, 0.05) is 32.5 Å². The van der Waals surface area contributed by atoms with Crippen molar-refractivity contribution in [1.82, 2.24) is 10.2 Å². The van der Waals surface area contributed by atoms with Crippen LogP contribution in [0.3, 0.4) is 0 Å². The van der Waals surface area contributed by atoms with Crippen molar-refractivity contribution in [3.05, 3.63) is 59.7 Å². The SMILES string of the molecule is CC(CCNC(=O)OCC1c2ccccc2-c2ccccc21)CC(=O)N(C)CC(C)C(=O)O. The van der Waals surface area contributed by atoms with Crippen LogP contribution in [0.15, 0.2) is 48.5 Å². The summed E-state index contributed by atoms with van der Waals surface area (Å²) in [4.78, 5) is 36.9. The molecule has 0 saturated heterocycles. The Bertz CT molecular complexity index is 960. The number of aliphatic carboxylic acids is 1. The Labute approximate surface area is 194 Å². The number of carbonyl (C=O) groups is 3. The molecule has 1 aliphatic rings. The monoisotopic (exact) mass is 452 g/mol. The molecule has 1 aliphatic carbocycles.